The lowest BCUT2D eigenvalue weighted by atomic mass is 10.0. The highest BCUT2D eigenvalue weighted by molar-refractivity contribution is 6.32. The summed E-state index contributed by atoms with van der Waals surface area (Å²) in [7, 11) is 0. The molecule has 0 spiro atoms. The molecule has 4 heterocycles. The van der Waals surface area contributed by atoms with Crippen LogP contribution in [0.15, 0.2) is 243 Å². The van der Waals surface area contributed by atoms with Crippen molar-refractivity contribution in [3.05, 3.63) is 254 Å². The van der Waals surface area contributed by atoms with Crippen molar-refractivity contribution in [3.8, 4) is 22.3 Å². The van der Waals surface area contributed by atoms with Gasteiger partial charge in [0.25, 0.3) is 0 Å². The van der Waals surface area contributed by atoms with Gasteiger partial charge in [0.15, 0.2) is 0 Å². The average Bonchev–Trinajstić information content (AvgIpc) is 4.16. The van der Waals surface area contributed by atoms with E-state index in [9.17, 15) is 0 Å². The largest absolute Gasteiger partial charge is 0.310 e. The highest BCUT2D eigenvalue weighted by Gasteiger charge is 2.28. The number of anilines is 6. The summed E-state index contributed by atoms with van der Waals surface area (Å²) in [6.45, 7) is 4.37. The van der Waals surface area contributed by atoms with Gasteiger partial charge in [-0.25, -0.2) is 0 Å². The zero-order valence-corrected chi connectivity index (χ0v) is 39.9. The Morgan fingerprint density at radius 1 is 0.264 bits per heavy atom. The van der Waals surface area contributed by atoms with Gasteiger partial charge in [-0.1, -0.05) is 158 Å². The fraction of sp³-hybridized carbons (Fsp3) is 0.0294. The first-order chi connectivity index (χ1) is 35.6. The number of nitrogens with zero attached hydrogens (tertiary/aromatic N) is 4. The van der Waals surface area contributed by atoms with Crippen molar-refractivity contribution >= 4 is 110 Å². The quantitative estimate of drug-likeness (QED) is 0.151. The van der Waals surface area contributed by atoms with Crippen molar-refractivity contribution in [2.75, 3.05) is 9.80 Å². The van der Waals surface area contributed by atoms with Gasteiger partial charge in [0.2, 0.25) is 0 Å². The van der Waals surface area contributed by atoms with Crippen molar-refractivity contribution in [3.63, 3.8) is 0 Å². The van der Waals surface area contributed by atoms with Crippen LogP contribution in [0.2, 0.25) is 0 Å². The highest BCUT2D eigenvalue weighted by atomic mass is 15.2. The van der Waals surface area contributed by atoms with Gasteiger partial charge in [-0.2, -0.15) is 0 Å². The maximum Gasteiger partial charge on any atom is 0.0641 e. The zero-order valence-electron chi connectivity index (χ0n) is 39.9. The second kappa shape index (κ2) is 15.6. The first-order valence-electron chi connectivity index (χ1n) is 24.9. The summed E-state index contributed by atoms with van der Waals surface area (Å²) < 4.78 is 5.09. The van der Waals surface area contributed by atoms with Crippen LogP contribution in [0.25, 0.3) is 98.4 Å². The summed E-state index contributed by atoms with van der Waals surface area (Å²) in [5.74, 6) is 0. The summed E-state index contributed by atoms with van der Waals surface area (Å²) in [5.41, 5.74) is 21.3. The van der Waals surface area contributed by atoms with E-state index in [0.29, 0.717) is 0 Å². The van der Waals surface area contributed by atoms with Crippen molar-refractivity contribution in [1.29, 1.82) is 0 Å². The van der Waals surface area contributed by atoms with Gasteiger partial charge in [-0.3, -0.25) is 0 Å². The van der Waals surface area contributed by atoms with Crippen LogP contribution in [-0.4, -0.2) is 8.80 Å². The SMILES string of the molecule is Cc1cccc(N(c2cccc(-c3ccccc3)c2)c2ccc3c4cc5c(cc4n4c6ccccc6c2c34)c2ccc(N(c3cccc(C)c3)c3cccc(-c4ccccc4)c3)c3c4ccccc4n5c23)c1. The molecule has 0 unspecified atom stereocenters. The molecule has 0 N–H and O–H groups in total. The van der Waals surface area contributed by atoms with Crippen molar-refractivity contribution in [1.82, 2.24) is 8.80 Å². The molecule has 0 fully saturated rings. The van der Waals surface area contributed by atoms with Crippen molar-refractivity contribution in [2.45, 2.75) is 13.8 Å². The molecule has 0 radical (unpaired) electrons. The number of aromatic nitrogens is 2. The molecule has 0 saturated heterocycles. The van der Waals surface area contributed by atoms with Crippen LogP contribution in [-0.2, 0) is 0 Å². The number of hydrogen-bond donors (Lipinski definition) is 0. The molecule has 0 atom stereocenters. The van der Waals surface area contributed by atoms with E-state index in [1.54, 1.807) is 0 Å². The van der Waals surface area contributed by atoms with E-state index in [2.05, 4.69) is 275 Å². The summed E-state index contributed by atoms with van der Waals surface area (Å²) in [4.78, 5) is 4.93. The monoisotopic (exact) mass is 918 g/mol. The molecule has 15 rings (SSSR count). The van der Waals surface area contributed by atoms with Crippen molar-refractivity contribution < 1.29 is 0 Å². The van der Waals surface area contributed by atoms with Crippen molar-refractivity contribution in [2.24, 2.45) is 0 Å². The van der Waals surface area contributed by atoms with E-state index in [1.807, 2.05) is 0 Å². The molecule has 0 aliphatic heterocycles. The third-order valence-electron chi connectivity index (χ3n) is 15.2. The first-order valence-corrected chi connectivity index (χ1v) is 24.9. The fourth-order valence-corrected chi connectivity index (χ4v) is 12.1. The molecule has 0 saturated carbocycles. The molecule has 4 heteroatoms. The zero-order chi connectivity index (χ0) is 47.6. The van der Waals surface area contributed by atoms with Crippen LogP contribution < -0.4 is 9.80 Å². The third kappa shape index (κ3) is 5.93. The number of benzene rings is 11. The number of hydrogen-bond acceptors (Lipinski definition) is 2. The second-order valence-electron chi connectivity index (χ2n) is 19.5. The van der Waals surface area contributed by atoms with Gasteiger partial charge < -0.3 is 18.6 Å². The van der Waals surface area contributed by atoms with Crippen LogP contribution in [0.5, 0.6) is 0 Å². The molecule has 0 aliphatic rings. The number of para-hydroxylation sites is 2. The van der Waals surface area contributed by atoms with E-state index in [-0.39, 0.29) is 0 Å². The van der Waals surface area contributed by atoms with Crippen LogP contribution in [0.3, 0.4) is 0 Å². The number of fused-ring (bicyclic) bond motifs is 12. The van der Waals surface area contributed by atoms with Crippen LogP contribution in [0, 0.1) is 13.8 Å². The summed E-state index contributed by atoms with van der Waals surface area (Å²) in [6.07, 6.45) is 0. The Labute approximate surface area is 416 Å². The first kappa shape index (κ1) is 40.5. The average molecular weight is 919 g/mol. The Bertz CT molecular complexity index is 4300. The van der Waals surface area contributed by atoms with E-state index in [4.69, 9.17) is 0 Å². The highest BCUT2D eigenvalue weighted by Crippen LogP contribution is 2.51. The normalized spacial score (nSPS) is 12.0. The molecule has 4 nitrogen and oxygen atoms in total. The minimum absolute atomic E-state index is 1.12. The molecule has 338 valence electrons. The molecule has 0 aliphatic carbocycles. The lowest BCUT2D eigenvalue weighted by Gasteiger charge is -2.27. The summed E-state index contributed by atoms with van der Waals surface area (Å²) in [5, 5.41) is 9.97. The molecule has 4 aromatic heterocycles. The van der Waals surface area contributed by atoms with Crippen LogP contribution in [0.1, 0.15) is 11.1 Å². The Morgan fingerprint density at radius 2 is 0.639 bits per heavy atom. The molecule has 15 aromatic rings. The third-order valence-corrected chi connectivity index (χ3v) is 15.2. The van der Waals surface area contributed by atoms with Gasteiger partial charge in [0.05, 0.1) is 44.5 Å². The minimum Gasteiger partial charge on any atom is -0.310 e. The number of rotatable bonds is 8. The topological polar surface area (TPSA) is 15.3 Å². The van der Waals surface area contributed by atoms with Gasteiger partial charge in [0.1, 0.15) is 0 Å². The molecular formula is C68H46N4. The molecule has 72 heavy (non-hydrogen) atoms. The minimum atomic E-state index is 1.12. The van der Waals surface area contributed by atoms with Gasteiger partial charge >= 0.3 is 0 Å². The smallest absolute Gasteiger partial charge is 0.0641 e. The Balaban J connectivity index is 0.993. The standard InChI is InChI=1S/C68H46N4/c1-43-17-13-25-49(37-43)69(51-27-15-23-47(39-51)45-19-5-3-6-20-45)61-35-33-53-57-41-64-58(42-63(57)71-59-31-11-9-29-55(59)65(61)67(53)71)54-34-36-62(66-56-30-10-12-32-60(56)72(64)68(54)66)70(50-26-14-18-44(2)38-50)52-28-16-24-48(40-52)46-21-7-4-8-22-46/h3-42H,1-2H3. The number of aryl methyl sites for hydroxylation is 2. The maximum absolute atomic E-state index is 2.55. The van der Waals surface area contributed by atoms with Gasteiger partial charge in [-0.05, 0) is 132 Å². The Hall–Kier alpha value is -9.38. The molecular weight excluding hydrogens is 873 g/mol. The predicted molar refractivity (Wildman–Crippen MR) is 305 cm³/mol. The maximum atomic E-state index is 2.55. The van der Waals surface area contributed by atoms with Gasteiger partial charge in [0, 0.05) is 65.8 Å². The van der Waals surface area contributed by atoms with E-state index in [0.717, 1.165) is 34.1 Å². The van der Waals surface area contributed by atoms with E-state index >= 15 is 0 Å². The van der Waals surface area contributed by atoms with Crippen LogP contribution in [0.4, 0.5) is 34.1 Å². The molecule has 0 amide bonds. The van der Waals surface area contributed by atoms with Gasteiger partial charge in [-0.15, -0.1) is 0 Å². The lowest BCUT2D eigenvalue weighted by Crippen LogP contribution is -2.10. The van der Waals surface area contributed by atoms with E-state index < -0.39 is 0 Å². The Kier molecular flexibility index (Phi) is 8.75. The molecule has 0 bridgehead atoms. The predicted octanol–water partition coefficient (Wildman–Crippen LogP) is 18.9. The Morgan fingerprint density at radius 3 is 1.07 bits per heavy atom. The summed E-state index contributed by atoms with van der Waals surface area (Å²) >= 11 is 0. The van der Waals surface area contributed by atoms with E-state index in [1.165, 1.54) is 110 Å². The molecule has 11 aromatic carbocycles. The fourth-order valence-electron chi connectivity index (χ4n) is 12.1. The summed E-state index contributed by atoms with van der Waals surface area (Å²) in [6, 6.07) is 89.6. The lowest BCUT2D eigenvalue weighted by molar-refractivity contribution is 1.28. The van der Waals surface area contributed by atoms with Crippen LogP contribution >= 0.6 is 0 Å². The second-order valence-corrected chi connectivity index (χ2v) is 19.5.